The first kappa shape index (κ1) is 9.84. The third kappa shape index (κ3) is 1.91. The molecule has 0 bridgehead atoms. The number of aryl methyl sites for hydroxylation is 1. The lowest BCUT2D eigenvalue weighted by Gasteiger charge is -2.08. The Morgan fingerprint density at radius 1 is 1.23 bits per heavy atom. The van der Waals surface area contributed by atoms with Crippen molar-refractivity contribution in [3.05, 3.63) is 23.5 Å². The van der Waals surface area contributed by atoms with Gasteiger partial charge >= 0.3 is 0 Å². The van der Waals surface area contributed by atoms with Crippen LogP contribution in [0.25, 0.3) is 0 Å². The summed E-state index contributed by atoms with van der Waals surface area (Å²) in [6.45, 7) is 1.89. The lowest BCUT2D eigenvalue weighted by atomic mass is 10.1. The van der Waals surface area contributed by atoms with Gasteiger partial charge in [0.15, 0.2) is 11.6 Å². The first-order chi connectivity index (χ1) is 6.22. The molecule has 2 nitrogen and oxygen atoms in total. The molecule has 0 saturated carbocycles. The standard InChI is InChI=1S/C10H13FO2/c1-4-7-5-8(12-2)6-9(13-3)10(7)11/h5-6H,4H2,1-3H3. The third-order valence-corrected chi connectivity index (χ3v) is 1.92. The van der Waals surface area contributed by atoms with Gasteiger partial charge in [0.05, 0.1) is 14.2 Å². The Bertz CT molecular complexity index is 272. The molecule has 0 fully saturated rings. The van der Waals surface area contributed by atoms with Gasteiger partial charge in [-0.05, 0) is 18.1 Å². The highest BCUT2D eigenvalue weighted by molar-refractivity contribution is 5.40. The molecule has 0 saturated heterocycles. The molecule has 0 aliphatic rings. The van der Waals surface area contributed by atoms with E-state index in [0.717, 1.165) is 0 Å². The number of hydrogen-bond donors (Lipinski definition) is 0. The number of halogens is 1. The molecule has 13 heavy (non-hydrogen) atoms. The minimum absolute atomic E-state index is 0.233. The van der Waals surface area contributed by atoms with Crippen LogP contribution < -0.4 is 9.47 Å². The van der Waals surface area contributed by atoms with E-state index in [1.54, 1.807) is 13.2 Å². The zero-order chi connectivity index (χ0) is 9.84. The monoisotopic (exact) mass is 184 g/mol. The van der Waals surface area contributed by atoms with Crippen LogP contribution in [0, 0.1) is 5.82 Å². The summed E-state index contributed by atoms with van der Waals surface area (Å²) in [5, 5.41) is 0. The number of methoxy groups -OCH3 is 2. The Balaban J connectivity index is 3.20. The molecule has 0 unspecified atom stereocenters. The van der Waals surface area contributed by atoms with E-state index in [9.17, 15) is 4.39 Å². The average Bonchev–Trinajstić information content (AvgIpc) is 2.18. The van der Waals surface area contributed by atoms with Gasteiger partial charge in [0.1, 0.15) is 5.75 Å². The average molecular weight is 184 g/mol. The van der Waals surface area contributed by atoms with Gasteiger partial charge in [-0.15, -0.1) is 0 Å². The van der Waals surface area contributed by atoms with Crippen molar-refractivity contribution in [2.24, 2.45) is 0 Å². The molecule has 0 amide bonds. The summed E-state index contributed by atoms with van der Waals surface area (Å²) in [7, 11) is 2.99. The lowest BCUT2D eigenvalue weighted by Crippen LogP contribution is -1.95. The predicted molar refractivity (Wildman–Crippen MR) is 48.9 cm³/mol. The molecule has 1 aromatic carbocycles. The van der Waals surface area contributed by atoms with E-state index < -0.39 is 0 Å². The first-order valence-corrected chi connectivity index (χ1v) is 4.13. The summed E-state index contributed by atoms with van der Waals surface area (Å²) in [5.41, 5.74) is 0.608. The van der Waals surface area contributed by atoms with Gasteiger partial charge in [-0.2, -0.15) is 0 Å². The molecule has 72 valence electrons. The zero-order valence-corrected chi connectivity index (χ0v) is 8.06. The highest BCUT2D eigenvalue weighted by Crippen LogP contribution is 2.27. The fourth-order valence-corrected chi connectivity index (χ4v) is 1.15. The topological polar surface area (TPSA) is 18.5 Å². The molecule has 0 N–H and O–H groups in total. The third-order valence-electron chi connectivity index (χ3n) is 1.92. The van der Waals surface area contributed by atoms with Crippen molar-refractivity contribution in [1.29, 1.82) is 0 Å². The molecule has 0 radical (unpaired) electrons. The van der Waals surface area contributed by atoms with E-state index in [1.165, 1.54) is 13.2 Å². The van der Waals surface area contributed by atoms with Crippen molar-refractivity contribution in [3.8, 4) is 11.5 Å². The van der Waals surface area contributed by atoms with Gasteiger partial charge in [0.2, 0.25) is 0 Å². The fraction of sp³-hybridized carbons (Fsp3) is 0.400. The second kappa shape index (κ2) is 4.12. The van der Waals surface area contributed by atoms with Crippen molar-refractivity contribution in [2.75, 3.05) is 14.2 Å². The molecule has 0 aliphatic carbocycles. The number of ether oxygens (including phenoxy) is 2. The second-order valence-electron chi connectivity index (χ2n) is 2.66. The molecule has 1 rings (SSSR count). The maximum absolute atomic E-state index is 13.4. The van der Waals surface area contributed by atoms with Crippen LogP contribution in [-0.2, 0) is 6.42 Å². The normalized spacial score (nSPS) is 9.85. The van der Waals surface area contributed by atoms with Crippen LogP contribution in [-0.4, -0.2) is 14.2 Å². The van der Waals surface area contributed by atoms with E-state index in [2.05, 4.69) is 0 Å². The van der Waals surface area contributed by atoms with Crippen molar-refractivity contribution in [2.45, 2.75) is 13.3 Å². The number of benzene rings is 1. The fourth-order valence-electron chi connectivity index (χ4n) is 1.15. The Morgan fingerprint density at radius 2 is 1.92 bits per heavy atom. The maximum Gasteiger partial charge on any atom is 0.168 e. The summed E-state index contributed by atoms with van der Waals surface area (Å²) in [6, 6.07) is 3.21. The van der Waals surface area contributed by atoms with Gasteiger partial charge in [-0.3, -0.25) is 0 Å². The summed E-state index contributed by atoms with van der Waals surface area (Å²) in [4.78, 5) is 0. The van der Waals surface area contributed by atoms with Gasteiger partial charge in [0.25, 0.3) is 0 Å². The summed E-state index contributed by atoms with van der Waals surface area (Å²) in [5.74, 6) is 0.553. The van der Waals surface area contributed by atoms with Crippen LogP contribution >= 0.6 is 0 Å². The molecule has 0 aromatic heterocycles. The Morgan fingerprint density at radius 3 is 2.38 bits per heavy atom. The molecule has 0 heterocycles. The van der Waals surface area contributed by atoms with Gasteiger partial charge in [0, 0.05) is 6.07 Å². The van der Waals surface area contributed by atoms with Crippen LogP contribution in [0.15, 0.2) is 12.1 Å². The number of rotatable bonds is 3. The largest absolute Gasteiger partial charge is 0.497 e. The molecular formula is C10H13FO2. The maximum atomic E-state index is 13.4. The van der Waals surface area contributed by atoms with E-state index >= 15 is 0 Å². The summed E-state index contributed by atoms with van der Waals surface area (Å²) in [6.07, 6.45) is 0.624. The van der Waals surface area contributed by atoms with E-state index in [1.807, 2.05) is 6.92 Å². The van der Waals surface area contributed by atoms with E-state index in [4.69, 9.17) is 9.47 Å². The Kier molecular flexibility index (Phi) is 3.12. The van der Waals surface area contributed by atoms with Crippen molar-refractivity contribution in [1.82, 2.24) is 0 Å². The summed E-state index contributed by atoms with van der Waals surface area (Å²) < 4.78 is 23.3. The first-order valence-electron chi connectivity index (χ1n) is 4.13. The quantitative estimate of drug-likeness (QED) is 0.718. The molecule has 0 aliphatic heterocycles. The number of hydrogen-bond acceptors (Lipinski definition) is 2. The Hall–Kier alpha value is -1.25. The van der Waals surface area contributed by atoms with Crippen LogP contribution in [0.3, 0.4) is 0 Å². The smallest absolute Gasteiger partial charge is 0.168 e. The molecular weight excluding hydrogens is 171 g/mol. The predicted octanol–water partition coefficient (Wildman–Crippen LogP) is 2.41. The summed E-state index contributed by atoms with van der Waals surface area (Å²) >= 11 is 0. The molecule has 0 atom stereocenters. The SMILES string of the molecule is CCc1cc(OC)cc(OC)c1F. The van der Waals surface area contributed by atoms with Gasteiger partial charge in [-0.25, -0.2) is 4.39 Å². The molecule has 3 heteroatoms. The lowest BCUT2D eigenvalue weighted by molar-refractivity contribution is 0.371. The van der Waals surface area contributed by atoms with Crippen LogP contribution in [0.5, 0.6) is 11.5 Å². The minimum atomic E-state index is -0.300. The van der Waals surface area contributed by atoms with Crippen LogP contribution in [0.2, 0.25) is 0 Å². The highest BCUT2D eigenvalue weighted by atomic mass is 19.1. The van der Waals surface area contributed by atoms with Crippen LogP contribution in [0.1, 0.15) is 12.5 Å². The minimum Gasteiger partial charge on any atom is -0.497 e. The van der Waals surface area contributed by atoms with Crippen LogP contribution in [0.4, 0.5) is 4.39 Å². The zero-order valence-electron chi connectivity index (χ0n) is 8.06. The van der Waals surface area contributed by atoms with Gasteiger partial charge in [-0.1, -0.05) is 6.92 Å². The van der Waals surface area contributed by atoms with Crippen molar-refractivity contribution >= 4 is 0 Å². The second-order valence-corrected chi connectivity index (χ2v) is 2.66. The molecule has 0 spiro atoms. The molecule has 1 aromatic rings. The van der Waals surface area contributed by atoms with Gasteiger partial charge < -0.3 is 9.47 Å². The van der Waals surface area contributed by atoms with Crippen molar-refractivity contribution in [3.63, 3.8) is 0 Å². The van der Waals surface area contributed by atoms with E-state index in [0.29, 0.717) is 17.7 Å². The van der Waals surface area contributed by atoms with Crippen molar-refractivity contribution < 1.29 is 13.9 Å². The Labute approximate surface area is 77.3 Å². The van der Waals surface area contributed by atoms with E-state index in [-0.39, 0.29) is 11.6 Å². The highest BCUT2D eigenvalue weighted by Gasteiger charge is 2.09.